The molecule has 1 aliphatic rings. The number of nitrogens with one attached hydrogen (secondary N) is 4. The summed E-state index contributed by atoms with van der Waals surface area (Å²) in [5.74, 6) is -2.72. The lowest BCUT2D eigenvalue weighted by Crippen LogP contribution is -2.55. The second kappa shape index (κ2) is 19.4. The highest BCUT2D eigenvalue weighted by Crippen LogP contribution is 2.17. The van der Waals surface area contributed by atoms with E-state index in [2.05, 4.69) is 21.3 Å². The van der Waals surface area contributed by atoms with E-state index < -0.39 is 60.0 Å². The summed E-state index contributed by atoms with van der Waals surface area (Å²) in [6.07, 6.45) is 4.07. The van der Waals surface area contributed by atoms with Crippen LogP contribution < -0.4 is 21.3 Å². The van der Waals surface area contributed by atoms with E-state index in [4.69, 9.17) is 14.2 Å². The lowest BCUT2D eigenvalue weighted by atomic mass is 9.97. The van der Waals surface area contributed by atoms with Gasteiger partial charge >= 0.3 is 18.0 Å². The minimum atomic E-state index is -1.41. The molecule has 14 heteroatoms. The first kappa shape index (κ1) is 38.1. The number of carbonyl (C=O) groups is 6. The monoisotopic (exact) mass is 662 g/mol. The Hall–Kier alpha value is -4.07. The van der Waals surface area contributed by atoms with Crippen LogP contribution in [0.5, 0.6) is 0 Å². The summed E-state index contributed by atoms with van der Waals surface area (Å²) in [6.45, 7) is 7.31. The van der Waals surface area contributed by atoms with Crippen LogP contribution in [0, 0.1) is 5.92 Å². The number of ether oxygens (including phenoxy) is 3. The van der Waals surface area contributed by atoms with Crippen LogP contribution in [0.3, 0.4) is 0 Å². The molecule has 0 bridgehead atoms. The second-order valence-corrected chi connectivity index (χ2v) is 12.6. The predicted molar refractivity (Wildman–Crippen MR) is 172 cm³/mol. The normalized spacial score (nSPS) is 16.5. The Kier molecular flexibility index (Phi) is 16.1. The van der Waals surface area contributed by atoms with E-state index in [9.17, 15) is 28.8 Å². The minimum Gasteiger partial charge on any atom is -0.463 e. The van der Waals surface area contributed by atoms with Gasteiger partial charge in [-0.2, -0.15) is 11.8 Å². The van der Waals surface area contributed by atoms with Crippen molar-refractivity contribution in [3.8, 4) is 0 Å². The third kappa shape index (κ3) is 14.8. The Morgan fingerprint density at radius 3 is 2.33 bits per heavy atom. The molecular formula is C32H46N4O9S. The fourth-order valence-electron chi connectivity index (χ4n) is 4.47. The van der Waals surface area contributed by atoms with Crippen molar-refractivity contribution in [2.75, 3.05) is 25.2 Å². The van der Waals surface area contributed by atoms with Gasteiger partial charge in [0.05, 0.1) is 13.0 Å². The van der Waals surface area contributed by atoms with Gasteiger partial charge in [-0.15, -0.1) is 0 Å². The van der Waals surface area contributed by atoms with Crippen molar-refractivity contribution in [3.63, 3.8) is 0 Å². The Morgan fingerprint density at radius 1 is 1.02 bits per heavy atom. The maximum atomic E-state index is 13.5. The van der Waals surface area contributed by atoms with E-state index in [1.807, 2.05) is 12.3 Å². The molecule has 0 aliphatic carbocycles. The van der Waals surface area contributed by atoms with Gasteiger partial charge in [0.2, 0.25) is 17.7 Å². The van der Waals surface area contributed by atoms with Gasteiger partial charge in [-0.1, -0.05) is 36.4 Å². The van der Waals surface area contributed by atoms with Crippen LogP contribution in [0.4, 0.5) is 4.79 Å². The van der Waals surface area contributed by atoms with Gasteiger partial charge < -0.3 is 35.5 Å². The molecule has 1 aromatic carbocycles. The maximum absolute atomic E-state index is 13.5. The summed E-state index contributed by atoms with van der Waals surface area (Å²) in [4.78, 5) is 76.6. The molecule has 2 rings (SSSR count). The molecule has 0 aromatic heterocycles. The molecule has 4 amide bonds. The zero-order chi connectivity index (χ0) is 34.1. The van der Waals surface area contributed by atoms with Crippen molar-refractivity contribution in [1.29, 1.82) is 0 Å². The van der Waals surface area contributed by atoms with E-state index in [-0.39, 0.29) is 37.9 Å². The third-order valence-corrected chi connectivity index (χ3v) is 7.28. The average molecular weight is 663 g/mol. The Balaban J connectivity index is 2.21. The summed E-state index contributed by atoms with van der Waals surface area (Å²) in [5.41, 5.74) is -0.115. The number of carbonyl (C=O) groups excluding carboxylic acids is 6. The molecule has 0 saturated carbocycles. The lowest BCUT2D eigenvalue weighted by Gasteiger charge is -2.26. The molecule has 4 atom stereocenters. The highest BCUT2D eigenvalue weighted by atomic mass is 32.2. The van der Waals surface area contributed by atoms with Crippen molar-refractivity contribution in [2.45, 2.75) is 83.7 Å². The summed E-state index contributed by atoms with van der Waals surface area (Å²) in [5, 5.41) is 10.7. The fourth-order valence-corrected chi connectivity index (χ4v) is 4.94. The first-order valence-electron chi connectivity index (χ1n) is 15.2. The van der Waals surface area contributed by atoms with Crippen LogP contribution >= 0.6 is 11.8 Å². The van der Waals surface area contributed by atoms with Gasteiger partial charge in [-0.25, -0.2) is 9.59 Å². The van der Waals surface area contributed by atoms with Crippen LogP contribution in [0.25, 0.3) is 0 Å². The highest BCUT2D eigenvalue weighted by molar-refractivity contribution is 7.98. The number of amides is 4. The molecule has 1 heterocycles. The second-order valence-electron chi connectivity index (χ2n) is 11.6. The molecule has 254 valence electrons. The largest absolute Gasteiger partial charge is 0.463 e. The van der Waals surface area contributed by atoms with E-state index in [1.54, 1.807) is 52.0 Å². The van der Waals surface area contributed by atoms with Crippen LogP contribution in [0.15, 0.2) is 42.5 Å². The Labute approximate surface area is 274 Å². The van der Waals surface area contributed by atoms with Crippen LogP contribution in [0.2, 0.25) is 0 Å². The summed E-state index contributed by atoms with van der Waals surface area (Å²) < 4.78 is 15.6. The molecule has 46 heavy (non-hydrogen) atoms. The number of benzene rings is 1. The van der Waals surface area contributed by atoms with E-state index in [0.29, 0.717) is 18.7 Å². The Bertz CT molecular complexity index is 1220. The topological polar surface area (TPSA) is 178 Å². The van der Waals surface area contributed by atoms with Crippen LogP contribution in [0.1, 0.15) is 58.9 Å². The first-order chi connectivity index (χ1) is 21.8. The van der Waals surface area contributed by atoms with Crippen LogP contribution in [-0.4, -0.2) is 84.6 Å². The van der Waals surface area contributed by atoms with Crippen molar-refractivity contribution in [3.05, 3.63) is 48.0 Å². The number of esters is 2. The molecular weight excluding hydrogens is 616 g/mol. The fraction of sp³-hybridized carbons (Fsp3) is 0.562. The quantitative estimate of drug-likeness (QED) is 0.110. The molecule has 1 saturated heterocycles. The summed E-state index contributed by atoms with van der Waals surface area (Å²) in [6, 6.07) is 5.72. The van der Waals surface area contributed by atoms with Gasteiger partial charge in [0.25, 0.3) is 0 Å². The van der Waals surface area contributed by atoms with Gasteiger partial charge in [0.1, 0.15) is 24.3 Å². The van der Waals surface area contributed by atoms with Crippen molar-refractivity contribution >= 4 is 47.5 Å². The van der Waals surface area contributed by atoms with Gasteiger partial charge in [0, 0.05) is 24.6 Å². The number of alkyl carbamates (subject to hydrolysis) is 1. The number of rotatable bonds is 17. The molecule has 1 aliphatic heterocycles. The molecule has 0 unspecified atom stereocenters. The smallest absolute Gasteiger partial charge is 0.408 e. The molecule has 0 spiro atoms. The average Bonchev–Trinajstić information content (AvgIpc) is 3.39. The van der Waals surface area contributed by atoms with E-state index in [1.165, 1.54) is 23.9 Å². The van der Waals surface area contributed by atoms with Crippen molar-refractivity contribution in [2.24, 2.45) is 5.92 Å². The van der Waals surface area contributed by atoms with Gasteiger partial charge in [-0.3, -0.25) is 19.2 Å². The SMILES string of the molecule is CCOC(=O)C=C[C@H](C[C@@H]1CCNC1=O)NC(=O)[C@H](CCSC)NC(=O)[C@H](CC(=O)OC(C)(C)C)NC(=O)OCc1ccccc1. The maximum Gasteiger partial charge on any atom is 0.408 e. The molecule has 4 N–H and O–H groups in total. The Morgan fingerprint density at radius 2 is 1.72 bits per heavy atom. The zero-order valence-corrected chi connectivity index (χ0v) is 27.9. The summed E-state index contributed by atoms with van der Waals surface area (Å²) in [7, 11) is 0. The number of hydrogen-bond acceptors (Lipinski definition) is 10. The molecule has 1 fully saturated rings. The highest BCUT2D eigenvalue weighted by Gasteiger charge is 2.32. The minimum absolute atomic E-state index is 0.0636. The number of hydrogen-bond donors (Lipinski definition) is 4. The molecule has 13 nitrogen and oxygen atoms in total. The van der Waals surface area contributed by atoms with E-state index in [0.717, 1.165) is 5.56 Å². The predicted octanol–water partition coefficient (Wildman–Crippen LogP) is 2.38. The number of thioether (sulfide) groups is 1. The van der Waals surface area contributed by atoms with Crippen molar-refractivity contribution in [1.82, 2.24) is 21.3 Å². The third-order valence-electron chi connectivity index (χ3n) is 6.64. The molecule has 1 aromatic rings. The lowest BCUT2D eigenvalue weighted by molar-refractivity contribution is -0.156. The van der Waals surface area contributed by atoms with Gasteiger partial charge in [-0.05, 0) is 64.5 Å². The zero-order valence-electron chi connectivity index (χ0n) is 27.1. The standard InChI is InChI=1S/C32H46N4O9S/c1-6-43-26(37)13-12-23(18-22-14-16-33-28(22)39)34-29(40)24(15-17-46-5)35-30(41)25(19-27(38)45-32(2,3)4)36-31(42)44-20-21-10-8-7-9-11-21/h7-13,22-25H,6,14-20H2,1-5H3,(H,33,39)(H,34,40)(H,35,41)(H,36,42)/t22-,23+,24-,25-/m0/s1. The van der Waals surface area contributed by atoms with Crippen LogP contribution in [-0.2, 0) is 44.8 Å². The molecule has 0 radical (unpaired) electrons. The van der Waals surface area contributed by atoms with Crippen molar-refractivity contribution < 1.29 is 43.0 Å². The first-order valence-corrected chi connectivity index (χ1v) is 16.6. The van der Waals surface area contributed by atoms with Gasteiger partial charge in [0.15, 0.2) is 0 Å². The summed E-state index contributed by atoms with van der Waals surface area (Å²) >= 11 is 1.46. The van der Waals surface area contributed by atoms with E-state index >= 15 is 0 Å².